The second-order valence-corrected chi connectivity index (χ2v) is 3.35. The Labute approximate surface area is 101 Å². The average molecular weight is 232 g/mol. The number of carbonyl (C=O) groups is 1. The number of aliphatic imine (C=N–C) groups is 1. The lowest BCUT2D eigenvalue weighted by atomic mass is 10.2. The van der Waals surface area contributed by atoms with Crippen LogP contribution in [0.25, 0.3) is 0 Å². The molecule has 0 aliphatic carbocycles. The van der Waals surface area contributed by atoms with E-state index in [1.54, 1.807) is 12.1 Å². The van der Waals surface area contributed by atoms with E-state index in [2.05, 4.69) is 14.7 Å². The van der Waals surface area contributed by atoms with Crippen LogP contribution in [0.15, 0.2) is 35.5 Å². The van der Waals surface area contributed by atoms with E-state index in [9.17, 15) is 4.79 Å². The fourth-order valence-corrected chi connectivity index (χ4v) is 1.26. The van der Waals surface area contributed by atoms with Crippen molar-refractivity contribution in [1.82, 2.24) is 4.98 Å². The Bertz CT molecular complexity index is 433. The molecule has 17 heavy (non-hydrogen) atoms. The fraction of sp³-hybridized carbons (Fsp3) is 0.308. The van der Waals surface area contributed by atoms with Crippen molar-refractivity contribution in [2.24, 2.45) is 4.99 Å². The summed E-state index contributed by atoms with van der Waals surface area (Å²) in [6, 6.07) is 3.35. The zero-order valence-corrected chi connectivity index (χ0v) is 10.3. The first kappa shape index (κ1) is 13.1. The van der Waals surface area contributed by atoms with Crippen LogP contribution in [0.1, 0.15) is 30.6 Å². The number of carbonyl (C=O) groups excluding carboxylic acids is 1. The first-order chi connectivity index (χ1) is 8.21. The van der Waals surface area contributed by atoms with Crippen molar-refractivity contribution in [2.45, 2.75) is 20.3 Å². The normalized spacial score (nSPS) is 11.8. The van der Waals surface area contributed by atoms with Gasteiger partial charge in [-0.25, -0.2) is 14.8 Å². The van der Waals surface area contributed by atoms with Crippen molar-refractivity contribution in [3.05, 3.63) is 36.0 Å². The first-order valence-corrected chi connectivity index (χ1v) is 5.45. The predicted octanol–water partition coefficient (Wildman–Crippen LogP) is 2.93. The topological polar surface area (TPSA) is 51.5 Å². The van der Waals surface area contributed by atoms with Crippen LogP contribution < -0.4 is 0 Å². The highest BCUT2D eigenvalue weighted by atomic mass is 16.5. The summed E-state index contributed by atoms with van der Waals surface area (Å²) in [6.07, 6.45) is 6.18. The van der Waals surface area contributed by atoms with E-state index in [-0.39, 0.29) is 0 Å². The molecular formula is C13H16N2O2. The summed E-state index contributed by atoms with van der Waals surface area (Å²) in [4.78, 5) is 19.7. The van der Waals surface area contributed by atoms with Crippen LogP contribution in [0, 0.1) is 0 Å². The SMILES string of the molecule is C/C=C\C(CC)=Nc1ccc(C(=O)OC)cn1. The average Bonchev–Trinajstić information content (AvgIpc) is 2.38. The molecule has 0 aliphatic rings. The van der Waals surface area contributed by atoms with E-state index in [0.29, 0.717) is 11.4 Å². The second-order valence-electron chi connectivity index (χ2n) is 3.35. The molecule has 1 aromatic rings. The molecule has 4 nitrogen and oxygen atoms in total. The Morgan fingerprint density at radius 1 is 1.53 bits per heavy atom. The van der Waals surface area contributed by atoms with Crippen LogP contribution in [0.2, 0.25) is 0 Å². The molecule has 90 valence electrons. The van der Waals surface area contributed by atoms with Crippen molar-refractivity contribution in [3.63, 3.8) is 0 Å². The van der Waals surface area contributed by atoms with Gasteiger partial charge in [0.25, 0.3) is 0 Å². The monoisotopic (exact) mass is 232 g/mol. The maximum Gasteiger partial charge on any atom is 0.339 e. The van der Waals surface area contributed by atoms with E-state index in [1.165, 1.54) is 13.3 Å². The Morgan fingerprint density at radius 3 is 2.76 bits per heavy atom. The standard InChI is InChI=1S/C13H16N2O2/c1-4-6-11(5-2)15-12-8-7-10(9-14-12)13(16)17-3/h4,6-9H,5H2,1-3H3/b6-4-,15-11?. The van der Waals surface area contributed by atoms with Gasteiger partial charge in [-0.3, -0.25) is 0 Å². The minimum atomic E-state index is -0.391. The summed E-state index contributed by atoms with van der Waals surface area (Å²) in [5.41, 5.74) is 1.38. The zero-order valence-electron chi connectivity index (χ0n) is 10.3. The van der Waals surface area contributed by atoms with E-state index < -0.39 is 5.97 Å². The van der Waals surface area contributed by atoms with Gasteiger partial charge in [0, 0.05) is 11.9 Å². The van der Waals surface area contributed by atoms with Crippen molar-refractivity contribution in [2.75, 3.05) is 7.11 Å². The molecule has 0 bridgehead atoms. The van der Waals surface area contributed by atoms with Crippen molar-refractivity contribution in [3.8, 4) is 0 Å². The summed E-state index contributed by atoms with van der Waals surface area (Å²) in [5.74, 6) is 0.199. The van der Waals surface area contributed by atoms with E-state index in [0.717, 1.165) is 12.1 Å². The fourth-order valence-electron chi connectivity index (χ4n) is 1.26. The molecule has 0 amide bonds. The van der Waals surface area contributed by atoms with Crippen LogP contribution in [0.4, 0.5) is 5.82 Å². The lowest BCUT2D eigenvalue weighted by Crippen LogP contribution is -2.01. The summed E-state index contributed by atoms with van der Waals surface area (Å²) in [7, 11) is 1.34. The number of rotatable bonds is 4. The highest BCUT2D eigenvalue weighted by molar-refractivity contribution is 5.96. The number of hydrogen-bond acceptors (Lipinski definition) is 4. The summed E-state index contributed by atoms with van der Waals surface area (Å²) in [5, 5.41) is 0. The van der Waals surface area contributed by atoms with Crippen molar-refractivity contribution >= 4 is 17.5 Å². The number of hydrogen-bond donors (Lipinski definition) is 0. The molecule has 0 fully saturated rings. The smallest absolute Gasteiger partial charge is 0.339 e. The largest absolute Gasteiger partial charge is 0.465 e. The quantitative estimate of drug-likeness (QED) is 0.592. The van der Waals surface area contributed by atoms with E-state index in [1.807, 2.05) is 26.0 Å². The van der Waals surface area contributed by atoms with Gasteiger partial charge in [-0.05, 0) is 31.6 Å². The van der Waals surface area contributed by atoms with Crippen LogP contribution in [0.3, 0.4) is 0 Å². The first-order valence-electron chi connectivity index (χ1n) is 5.45. The number of aromatic nitrogens is 1. The molecule has 0 aromatic carbocycles. The third-order valence-electron chi connectivity index (χ3n) is 2.15. The van der Waals surface area contributed by atoms with Crippen molar-refractivity contribution in [1.29, 1.82) is 0 Å². The van der Waals surface area contributed by atoms with Crippen molar-refractivity contribution < 1.29 is 9.53 Å². The molecule has 4 heteroatoms. The van der Waals surface area contributed by atoms with Gasteiger partial charge in [0.2, 0.25) is 0 Å². The minimum absolute atomic E-state index is 0.391. The molecule has 0 spiro atoms. The molecule has 0 saturated heterocycles. The molecule has 0 atom stereocenters. The van der Waals surface area contributed by atoms with Gasteiger partial charge in [0.05, 0.1) is 12.7 Å². The van der Waals surface area contributed by atoms with Gasteiger partial charge >= 0.3 is 5.97 Å². The predicted molar refractivity (Wildman–Crippen MR) is 67.8 cm³/mol. The number of pyridine rings is 1. The molecular weight excluding hydrogens is 216 g/mol. The van der Waals surface area contributed by atoms with Gasteiger partial charge < -0.3 is 4.74 Å². The molecule has 0 unspecified atom stereocenters. The van der Waals surface area contributed by atoms with Gasteiger partial charge in [-0.1, -0.05) is 13.0 Å². The molecule has 0 aliphatic heterocycles. The van der Waals surface area contributed by atoms with Crippen LogP contribution in [-0.2, 0) is 4.74 Å². The number of ether oxygens (including phenoxy) is 1. The molecule has 0 radical (unpaired) electrons. The summed E-state index contributed by atoms with van der Waals surface area (Å²) in [6.45, 7) is 3.97. The third-order valence-corrected chi connectivity index (χ3v) is 2.15. The van der Waals surface area contributed by atoms with Gasteiger partial charge in [0.1, 0.15) is 0 Å². The third kappa shape index (κ3) is 3.83. The van der Waals surface area contributed by atoms with E-state index >= 15 is 0 Å². The maximum absolute atomic E-state index is 11.2. The Hall–Kier alpha value is -1.97. The molecule has 1 rings (SSSR count). The van der Waals surface area contributed by atoms with E-state index in [4.69, 9.17) is 0 Å². The molecule has 1 heterocycles. The molecule has 1 aromatic heterocycles. The van der Waals surface area contributed by atoms with Crippen LogP contribution >= 0.6 is 0 Å². The Kier molecular flexibility index (Phi) is 5.07. The minimum Gasteiger partial charge on any atom is -0.465 e. The summed E-state index contributed by atoms with van der Waals surface area (Å²) < 4.78 is 4.59. The zero-order chi connectivity index (χ0) is 12.7. The molecule has 0 saturated carbocycles. The number of methoxy groups -OCH3 is 1. The van der Waals surface area contributed by atoms with Crippen LogP contribution in [-0.4, -0.2) is 23.8 Å². The Balaban J connectivity index is 2.91. The second kappa shape index (κ2) is 6.58. The highest BCUT2D eigenvalue weighted by Crippen LogP contribution is 2.10. The Morgan fingerprint density at radius 2 is 2.29 bits per heavy atom. The lowest BCUT2D eigenvalue weighted by molar-refractivity contribution is 0.0600. The van der Waals surface area contributed by atoms with Gasteiger partial charge in [0.15, 0.2) is 5.82 Å². The highest BCUT2D eigenvalue weighted by Gasteiger charge is 2.04. The maximum atomic E-state index is 11.2. The van der Waals surface area contributed by atoms with Crippen LogP contribution in [0.5, 0.6) is 0 Å². The number of esters is 1. The van der Waals surface area contributed by atoms with Gasteiger partial charge in [-0.15, -0.1) is 0 Å². The lowest BCUT2D eigenvalue weighted by Gasteiger charge is -2.00. The van der Waals surface area contributed by atoms with Gasteiger partial charge in [-0.2, -0.15) is 0 Å². The number of nitrogens with zero attached hydrogens (tertiary/aromatic N) is 2. The number of allylic oxidation sites excluding steroid dienone is 2. The molecule has 0 N–H and O–H groups in total. The summed E-state index contributed by atoms with van der Waals surface area (Å²) >= 11 is 0.